The predicted octanol–water partition coefficient (Wildman–Crippen LogP) is 2.55. The van der Waals surface area contributed by atoms with Crippen molar-refractivity contribution in [3.05, 3.63) is 54.4 Å². The maximum atomic E-state index is 13.1. The van der Waals surface area contributed by atoms with Gasteiger partial charge in [0.25, 0.3) is 0 Å². The zero-order chi connectivity index (χ0) is 21.1. The first-order valence-corrected chi connectivity index (χ1v) is 11.6. The van der Waals surface area contributed by atoms with Crippen molar-refractivity contribution in [1.82, 2.24) is 14.2 Å². The number of nitrogens with one attached hydrogen (secondary N) is 1. The molecule has 2 amide bonds. The van der Waals surface area contributed by atoms with E-state index in [9.17, 15) is 13.2 Å². The van der Waals surface area contributed by atoms with Gasteiger partial charge < -0.3 is 15.0 Å². The number of sulfonamides is 1. The minimum absolute atomic E-state index is 0.0290. The number of hydrogen-bond acceptors (Lipinski definition) is 5. The van der Waals surface area contributed by atoms with Gasteiger partial charge in [0.15, 0.2) is 0 Å². The quantitative estimate of drug-likeness (QED) is 0.805. The number of nitrogens with zero attached hydrogens (tertiary/aromatic N) is 3. The summed E-state index contributed by atoms with van der Waals surface area (Å²) in [4.78, 5) is 18.5. The summed E-state index contributed by atoms with van der Waals surface area (Å²) in [5.41, 5.74) is 1.54. The fourth-order valence-corrected chi connectivity index (χ4v) is 6.48. The first-order chi connectivity index (χ1) is 14.5. The smallest absolute Gasteiger partial charge is 0.321 e. The summed E-state index contributed by atoms with van der Waals surface area (Å²) in [6, 6.07) is 10.7. The molecule has 8 nitrogen and oxygen atoms in total. The van der Waals surface area contributed by atoms with E-state index in [0.717, 1.165) is 5.56 Å². The Hall–Kier alpha value is -2.65. The number of fused-ring (bicyclic) bond motifs is 1. The normalized spacial score (nSPS) is 23.4. The Kier molecular flexibility index (Phi) is 5.92. The Morgan fingerprint density at radius 2 is 2.07 bits per heavy atom. The summed E-state index contributed by atoms with van der Waals surface area (Å²) < 4.78 is 33.0. The van der Waals surface area contributed by atoms with Crippen LogP contribution in [0.15, 0.2) is 48.8 Å². The molecule has 9 heteroatoms. The monoisotopic (exact) mass is 430 g/mol. The second-order valence-corrected chi connectivity index (χ2v) is 9.88. The van der Waals surface area contributed by atoms with E-state index >= 15 is 0 Å². The van der Waals surface area contributed by atoms with Crippen molar-refractivity contribution < 1.29 is 17.9 Å². The first-order valence-electron chi connectivity index (χ1n) is 10.1. The molecule has 30 heavy (non-hydrogen) atoms. The van der Waals surface area contributed by atoms with Crippen LogP contribution < -0.4 is 10.1 Å². The van der Waals surface area contributed by atoms with E-state index in [-0.39, 0.29) is 11.9 Å². The molecule has 0 radical (unpaired) electrons. The molecule has 2 atom stereocenters. The molecule has 1 aromatic heterocycles. The number of methoxy groups -OCH3 is 1. The number of hydrogen-bond donors (Lipinski definition) is 1. The van der Waals surface area contributed by atoms with Crippen LogP contribution in [0.4, 0.5) is 10.5 Å². The van der Waals surface area contributed by atoms with Gasteiger partial charge in [-0.25, -0.2) is 13.2 Å². The zero-order valence-corrected chi connectivity index (χ0v) is 17.7. The molecule has 2 aliphatic heterocycles. The second kappa shape index (κ2) is 8.61. The van der Waals surface area contributed by atoms with Gasteiger partial charge in [0.1, 0.15) is 5.75 Å². The van der Waals surface area contributed by atoms with Crippen LogP contribution >= 0.6 is 0 Å². The Morgan fingerprint density at radius 3 is 2.83 bits per heavy atom. The highest BCUT2D eigenvalue weighted by Gasteiger charge is 2.47. The van der Waals surface area contributed by atoms with Crippen molar-refractivity contribution in [3.8, 4) is 5.75 Å². The maximum Gasteiger partial charge on any atom is 0.321 e. The highest BCUT2D eigenvalue weighted by Crippen LogP contribution is 2.35. The standard InChI is InChI=1S/C21H26N4O4S/c1-29-19-6-2-5-18(12-19)23-21(26)24-10-7-17-15-25(14-16-4-3-9-22-13-16)30(27,28)20(17)8-11-24/h2-6,9,12-13,17,20H,7-8,10-11,14-15H2,1H3,(H,23,26)/t17-,20-/m1/s1. The number of carbonyl (C=O) groups is 1. The topological polar surface area (TPSA) is 91.8 Å². The number of likely N-dealkylation sites (tertiary alicyclic amines) is 1. The van der Waals surface area contributed by atoms with Crippen LogP contribution in [0.5, 0.6) is 5.75 Å². The van der Waals surface area contributed by atoms with Gasteiger partial charge in [0.05, 0.1) is 12.4 Å². The van der Waals surface area contributed by atoms with E-state index in [1.54, 1.807) is 40.8 Å². The van der Waals surface area contributed by atoms with Gasteiger partial charge in [0.2, 0.25) is 10.0 Å². The first kappa shape index (κ1) is 20.6. The molecule has 0 saturated carbocycles. The number of anilines is 1. The third-order valence-electron chi connectivity index (χ3n) is 5.85. The minimum atomic E-state index is -3.40. The van der Waals surface area contributed by atoms with E-state index < -0.39 is 15.3 Å². The molecular formula is C21H26N4O4S. The van der Waals surface area contributed by atoms with Gasteiger partial charge in [-0.15, -0.1) is 0 Å². The molecule has 0 aliphatic carbocycles. The molecule has 0 bridgehead atoms. The van der Waals surface area contributed by atoms with Crippen LogP contribution in [0.1, 0.15) is 18.4 Å². The number of rotatable bonds is 4. The third kappa shape index (κ3) is 4.27. The van der Waals surface area contributed by atoms with E-state index in [0.29, 0.717) is 50.5 Å². The molecule has 0 spiro atoms. The summed E-state index contributed by atoms with van der Waals surface area (Å²) in [6.07, 6.45) is 4.49. The van der Waals surface area contributed by atoms with E-state index in [4.69, 9.17) is 4.74 Å². The molecule has 160 valence electrons. The van der Waals surface area contributed by atoms with Crippen molar-refractivity contribution in [2.24, 2.45) is 5.92 Å². The Balaban J connectivity index is 1.40. The number of pyridine rings is 1. The lowest BCUT2D eigenvalue weighted by molar-refractivity contribution is 0.212. The summed E-state index contributed by atoms with van der Waals surface area (Å²) in [5, 5.41) is 2.44. The molecule has 2 saturated heterocycles. The number of aromatic nitrogens is 1. The number of amides is 2. The average Bonchev–Trinajstić information content (AvgIpc) is 2.89. The Labute approximate surface area is 176 Å². The number of carbonyl (C=O) groups excluding carboxylic acids is 1. The summed E-state index contributed by atoms with van der Waals surface area (Å²) >= 11 is 0. The van der Waals surface area contributed by atoms with Crippen LogP contribution in [0.3, 0.4) is 0 Å². The van der Waals surface area contributed by atoms with Crippen LogP contribution in [0, 0.1) is 5.92 Å². The fourth-order valence-electron chi connectivity index (χ4n) is 4.25. The maximum absolute atomic E-state index is 13.1. The lowest BCUT2D eigenvalue weighted by atomic mass is 10.0. The van der Waals surface area contributed by atoms with Crippen LogP contribution in [-0.2, 0) is 16.6 Å². The third-order valence-corrected chi connectivity index (χ3v) is 8.23. The highest BCUT2D eigenvalue weighted by atomic mass is 32.2. The second-order valence-electron chi connectivity index (χ2n) is 7.72. The average molecular weight is 431 g/mol. The largest absolute Gasteiger partial charge is 0.497 e. The van der Waals surface area contributed by atoms with Gasteiger partial charge >= 0.3 is 6.03 Å². The molecule has 2 aromatic rings. The Bertz CT molecular complexity index is 999. The van der Waals surface area contributed by atoms with Gasteiger partial charge in [-0.3, -0.25) is 4.98 Å². The molecule has 3 heterocycles. The summed E-state index contributed by atoms with van der Waals surface area (Å²) in [5.74, 6) is 0.694. The van der Waals surface area contributed by atoms with Crippen molar-refractivity contribution >= 4 is 21.7 Å². The van der Waals surface area contributed by atoms with E-state index in [2.05, 4.69) is 10.3 Å². The van der Waals surface area contributed by atoms with Gasteiger partial charge in [-0.1, -0.05) is 12.1 Å². The lowest BCUT2D eigenvalue weighted by Gasteiger charge is -2.22. The van der Waals surface area contributed by atoms with Crippen molar-refractivity contribution in [1.29, 1.82) is 0 Å². The lowest BCUT2D eigenvalue weighted by Crippen LogP contribution is -2.37. The SMILES string of the molecule is COc1cccc(NC(=O)N2CC[C@@H]3CN(Cc4cccnc4)S(=O)(=O)[C@@H]3CC2)c1. The minimum Gasteiger partial charge on any atom is -0.497 e. The molecule has 2 aliphatic rings. The van der Waals surface area contributed by atoms with Crippen molar-refractivity contribution in [2.75, 3.05) is 32.1 Å². The fraction of sp³-hybridized carbons (Fsp3) is 0.429. The molecule has 1 N–H and O–H groups in total. The van der Waals surface area contributed by atoms with Crippen molar-refractivity contribution in [3.63, 3.8) is 0 Å². The molecule has 1 aromatic carbocycles. The Morgan fingerprint density at radius 1 is 1.23 bits per heavy atom. The van der Waals surface area contributed by atoms with E-state index in [1.807, 2.05) is 24.3 Å². The molecular weight excluding hydrogens is 404 g/mol. The summed E-state index contributed by atoms with van der Waals surface area (Å²) in [6.45, 7) is 1.79. The van der Waals surface area contributed by atoms with Crippen LogP contribution in [0.25, 0.3) is 0 Å². The zero-order valence-electron chi connectivity index (χ0n) is 16.9. The highest BCUT2D eigenvalue weighted by molar-refractivity contribution is 7.90. The van der Waals surface area contributed by atoms with Crippen LogP contribution in [-0.4, -0.2) is 60.6 Å². The van der Waals surface area contributed by atoms with Gasteiger partial charge in [-0.2, -0.15) is 4.31 Å². The molecule has 4 rings (SSSR count). The summed E-state index contributed by atoms with van der Waals surface area (Å²) in [7, 11) is -1.82. The van der Waals surface area contributed by atoms with Gasteiger partial charge in [-0.05, 0) is 42.5 Å². The van der Waals surface area contributed by atoms with Crippen LogP contribution in [0.2, 0.25) is 0 Å². The van der Waals surface area contributed by atoms with E-state index in [1.165, 1.54) is 0 Å². The number of ether oxygens (including phenoxy) is 1. The van der Waals surface area contributed by atoms with Gasteiger partial charge in [0, 0.05) is 50.3 Å². The molecule has 0 unspecified atom stereocenters. The van der Waals surface area contributed by atoms with Crippen molar-refractivity contribution in [2.45, 2.75) is 24.6 Å². The number of benzene rings is 1. The number of urea groups is 1. The predicted molar refractivity (Wildman–Crippen MR) is 114 cm³/mol. The molecule has 2 fully saturated rings.